The number of nitrogens with two attached hydrogens (primary N) is 2. The van der Waals surface area contributed by atoms with E-state index in [0.717, 1.165) is 11.1 Å². The first kappa shape index (κ1) is 34.2. The Labute approximate surface area is 254 Å². The molecule has 2 aromatic carbocycles. The molecule has 2 atom stereocenters. The lowest BCUT2D eigenvalue weighted by molar-refractivity contribution is -0.151. The van der Waals surface area contributed by atoms with Crippen LogP contribution in [-0.4, -0.2) is 23.0 Å². The Morgan fingerprint density at radius 1 is 0.805 bits per heavy atom. The summed E-state index contributed by atoms with van der Waals surface area (Å²) in [6.07, 6.45) is 5.37. The summed E-state index contributed by atoms with van der Waals surface area (Å²) in [4.78, 5) is 26.3. The van der Waals surface area contributed by atoms with E-state index in [2.05, 4.69) is 23.8 Å². The fourth-order valence-corrected chi connectivity index (χ4v) is 5.45. The van der Waals surface area contributed by atoms with Gasteiger partial charge in [-0.1, -0.05) is 47.5 Å². The molecule has 2 unspecified atom stereocenters. The van der Waals surface area contributed by atoms with Gasteiger partial charge in [-0.2, -0.15) is 0 Å². The van der Waals surface area contributed by atoms with Crippen molar-refractivity contribution in [3.63, 3.8) is 0 Å². The Balaban J connectivity index is 2.03. The van der Waals surface area contributed by atoms with E-state index < -0.39 is 11.2 Å². The van der Waals surface area contributed by atoms with Crippen LogP contribution in [0.5, 0.6) is 0 Å². The minimum atomic E-state index is -0.666. The number of nitrogen functional groups attached to an aromatic ring is 2. The molecule has 0 heterocycles. The first-order valence-electron chi connectivity index (χ1n) is 13.7. The molecule has 0 bridgehead atoms. The van der Waals surface area contributed by atoms with Crippen molar-refractivity contribution in [1.29, 1.82) is 0 Å². The number of ether oxygens (including phenoxy) is 1. The molecule has 0 aliphatic carbocycles. The lowest BCUT2D eigenvalue weighted by atomic mass is 9.86. The number of hydrogen-bond acceptors (Lipinski definition) is 5. The first-order chi connectivity index (χ1) is 19.2. The summed E-state index contributed by atoms with van der Waals surface area (Å²) >= 11 is 12.0. The zero-order valence-corrected chi connectivity index (χ0v) is 26.1. The third kappa shape index (κ3) is 11.4. The molecule has 0 saturated carbocycles. The predicted octanol–water partition coefficient (Wildman–Crippen LogP) is 6.83. The molecule has 2 aromatic rings. The number of rotatable bonds is 16. The van der Waals surface area contributed by atoms with E-state index in [1.165, 1.54) is 0 Å². The second-order valence-corrected chi connectivity index (χ2v) is 12.5. The summed E-state index contributed by atoms with van der Waals surface area (Å²) in [7, 11) is 0. The SMILES string of the molecule is C=CCC(CC(C)(C)OC(C)(C)CC(CC=C)C(=O)NCc1ccc(Cl)cc1N)C(=O)NCc1ccc(Cl)cc1N. The maximum Gasteiger partial charge on any atom is 0.223 e. The molecular formula is C32H44Cl2N4O3. The third-order valence-corrected chi connectivity index (χ3v) is 7.26. The third-order valence-electron chi connectivity index (χ3n) is 6.79. The molecule has 41 heavy (non-hydrogen) atoms. The Kier molecular flexibility index (Phi) is 12.8. The normalized spacial score (nSPS) is 13.2. The number of anilines is 2. The molecule has 0 aromatic heterocycles. The van der Waals surface area contributed by atoms with Crippen molar-refractivity contribution in [2.24, 2.45) is 11.8 Å². The number of allylic oxidation sites excluding steroid dienone is 2. The summed E-state index contributed by atoms with van der Waals surface area (Å²) in [6, 6.07) is 10.4. The summed E-state index contributed by atoms with van der Waals surface area (Å²) in [5.41, 5.74) is 13.4. The lowest BCUT2D eigenvalue weighted by Gasteiger charge is -2.39. The van der Waals surface area contributed by atoms with Gasteiger partial charge >= 0.3 is 0 Å². The second kappa shape index (κ2) is 15.3. The van der Waals surface area contributed by atoms with Crippen molar-refractivity contribution in [1.82, 2.24) is 10.6 Å². The van der Waals surface area contributed by atoms with Crippen molar-refractivity contribution in [2.45, 2.75) is 77.7 Å². The fourth-order valence-electron chi connectivity index (χ4n) is 5.09. The van der Waals surface area contributed by atoms with Crippen LogP contribution in [0.4, 0.5) is 11.4 Å². The van der Waals surface area contributed by atoms with E-state index in [1.54, 1.807) is 48.6 Å². The van der Waals surface area contributed by atoms with E-state index in [1.807, 2.05) is 27.7 Å². The van der Waals surface area contributed by atoms with E-state index in [4.69, 9.17) is 39.4 Å². The first-order valence-corrected chi connectivity index (χ1v) is 14.5. The smallest absolute Gasteiger partial charge is 0.223 e. The minimum Gasteiger partial charge on any atom is -0.398 e. The maximum atomic E-state index is 13.2. The number of nitrogens with one attached hydrogen (secondary N) is 2. The Hall–Kier alpha value is -3.00. The van der Waals surface area contributed by atoms with Gasteiger partial charge in [0.1, 0.15) is 0 Å². The number of hydrogen-bond donors (Lipinski definition) is 4. The molecule has 0 spiro atoms. The number of carbonyl (C=O) groups is 2. The molecule has 2 rings (SSSR count). The number of benzene rings is 2. The van der Waals surface area contributed by atoms with Crippen molar-refractivity contribution in [3.05, 3.63) is 82.9 Å². The molecule has 224 valence electrons. The summed E-state index contributed by atoms with van der Waals surface area (Å²) < 4.78 is 6.57. The van der Waals surface area contributed by atoms with Gasteiger partial charge in [-0.15, -0.1) is 13.2 Å². The summed E-state index contributed by atoms with van der Waals surface area (Å²) in [6.45, 7) is 16.1. The molecule has 7 nitrogen and oxygen atoms in total. The van der Waals surface area contributed by atoms with Crippen LogP contribution in [0.3, 0.4) is 0 Å². The van der Waals surface area contributed by atoms with Crippen LogP contribution in [-0.2, 0) is 27.4 Å². The van der Waals surface area contributed by atoms with Crippen molar-refractivity contribution in [3.8, 4) is 0 Å². The topological polar surface area (TPSA) is 119 Å². The predicted molar refractivity (Wildman–Crippen MR) is 171 cm³/mol. The van der Waals surface area contributed by atoms with Crippen LogP contribution < -0.4 is 22.1 Å². The van der Waals surface area contributed by atoms with Gasteiger partial charge in [0.15, 0.2) is 0 Å². The molecule has 0 aliphatic heterocycles. The average molecular weight is 604 g/mol. The minimum absolute atomic E-state index is 0.112. The zero-order chi connectivity index (χ0) is 30.8. The van der Waals surface area contributed by atoms with Crippen LogP contribution in [0.15, 0.2) is 61.7 Å². The molecular weight excluding hydrogens is 559 g/mol. The Morgan fingerprint density at radius 2 is 1.17 bits per heavy atom. The number of amides is 2. The summed E-state index contributed by atoms with van der Waals surface area (Å²) in [5, 5.41) is 7.05. The van der Waals surface area contributed by atoms with Crippen LogP contribution in [0.2, 0.25) is 10.0 Å². The van der Waals surface area contributed by atoms with Gasteiger partial charge in [0.25, 0.3) is 0 Å². The molecule has 0 radical (unpaired) electrons. The highest BCUT2D eigenvalue weighted by molar-refractivity contribution is 6.31. The fraction of sp³-hybridized carbons (Fsp3) is 0.438. The van der Waals surface area contributed by atoms with Gasteiger partial charge in [0.2, 0.25) is 11.8 Å². The quantitative estimate of drug-likeness (QED) is 0.124. The van der Waals surface area contributed by atoms with Gasteiger partial charge in [0.05, 0.1) is 11.2 Å². The highest BCUT2D eigenvalue weighted by Crippen LogP contribution is 2.33. The molecule has 0 fully saturated rings. The van der Waals surface area contributed by atoms with Crippen LogP contribution >= 0.6 is 23.2 Å². The molecule has 0 aliphatic rings. The Bertz CT molecular complexity index is 1140. The molecule has 0 saturated heterocycles. The number of carbonyl (C=O) groups excluding carboxylic acids is 2. The maximum absolute atomic E-state index is 13.2. The molecule has 2 amide bonds. The zero-order valence-electron chi connectivity index (χ0n) is 24.6. The standard InChI is InChI=1S/C32H44Cl2N4O3/c1-7-9-21(29(39)37-19-23-11-13-25(33)15-27(23)35)17-31(3,4)41-32(5,6)18-22(10-8-2)30(40)38-20-24-12-14-26(34)16-28(24)36/h7-8,11-16,21-22H,1-2,9-10,17-20,35-36H2,3-6H3,(H,37,39)(H,38,40). The van der Waals surface area contributed by atoms with Crippen molar-refractivity contribution < 1.29 is 14.3 Å². The monoisotopic (exact) mass is 602 g/mol. The Morgan fingerprint density at radius 3 is 1.49 bits per heavy atom. The van der Waals surface area contributed by atoms with Gasteiger partial charge in [-0.3, -0.25) is 9.59 Å². The van der Waals surface area contributed by atoms with E-state index >= 15 is 0 Å². The van der Waals surface area contributed by atoms with E-state index in [0.29, 0.717) is 60.2 Å². The summed E-state index contributed by atoms with van der Waals surface area (Å²) in [5.74, 6) is -0.939. The van der Waals surface area contributed by atoms with Gasteiger partial charge in [-0.25, -0.2) is 0 Å². The molecule has 9 heteroatoms. The van der Waals surface area contributed by atoms with Crippen LogP contribution in [0.1, 0.15) is 64.5 Å². The largest absolute Gasteiger partial charge is 0.398 e. The highest BCUT2D eigenvalue weighted by atomic mass is 35.5. The van der Waals surface area contributed by atoms with E-state index in [-0.39, 0.29) is 23.7 Å². The second-order valence-electron chi connectivity index (χ2n) is 11.6. The van der Waals surface area contributed by atoms with Crippen LogP contribution in [0, 0.1) is 11.8 Å². The van der Waals surface area contributed by atoms with Crippen molar-refractivity contribution in [2.75, 3.05) is 11.5 Å². The van der Waals surface area contributed by atoms with Gasteiger partial charge in [0, 0.05) is 46.3 Å². The van der Waals surface area contributed by atoms with Gasteiger partial charge in [-0.05, 0) is 88.8 Å². The lowest BCUT2D eigenvalue weighted by Crippen LogP contribution is -2.43. The van der Waals surface area contributed by atoms with Gasteiger partial charge < -0.3 is 26.8 Å². The highest BCUT2D eigenvalue weighted by Gasteiger charge is 2.36. The average Bonchev–Trinajstić information content (AvgIpc) is 2.86. The molecule has 6 N–H and O–H groups in total. The van der Waals surface area contributed by atoms with Crippen molar-refractivity contribution >= 4 is 46.4 Å². The number of halogens is 2. The van der Waals surface area contributed by atoms with E-state index in [9.17, 15) is 9.59 Å². The van der Waals surface area contributed by atoms with Crippen LogP contribution in [0.25, 0.3) is 0 Å².